The highest BCUT2D eigenvalue weighted by Gasteiger charge is 2.15. The van der Waals surface area contributed by atoms with Crippen LogP contribution in [0.4, 0.5) is 0 Å². The molecule has 1 aromatic rings. The third kappa shape index (κ3) is 3.14. The van der Waals surface area contributed by atoms with Gasteiger partial charge in [-0.1, -0.05) is 0 Å². The third-order valence-corrected chi connectivity index (χ3v) is 2.00. The normalized spacial score (nSPS) is 9.59. The van der Waals surface area contributed by atoms with Crippen molar-refractivity contribution in [3.8, 4) is 11.5 Å². The average Bonchev–Trinajstić information content (AvgIpc) is 2.27. The summed E-state index contributed by atoms with van der Waals surface area (Å²) in [6.07, 6.45) is 0. The van der Waals surface area contributed by atoms with Crippen molar-refractivity contribution < 1.29 is 23.9 Å². The van der Waals surface area contributed by atoms with E-state index in [1.165, 1.54) is 39.2 Å². The number of benzene rings is 1. The maximum Gasteiger partial charge on any atom is 0.308 e. The maximum atomic E-state index is 11.4. The van der Waals surface area contributed by atoms with E-state index < -0.39 is 17.5 Å². The molecule has 0 bridgehead atoms. The molecule has 0 radical (unpaired) electrons. The lowest BCUT2D eigenvalue weighted by atomic mass is 10.1. The second-order valence-electron chi connectivity index (χ2n) is 3.34. The Hall–Kier alpha value is -2.17. The number of rotatable bonds is 4. The molecule has 0 atom stereocenters. The standard InChI is InChI=1S/C12H12O5/c1-7(13)12(15)9-4-5-10(17-8(2)14)11(6-9)16-3/h4-6H,1-3H3. The summed E-state index contributed by atoms with van der Waals surface area (Å²) in [5, 5.41) is 0. The van der Waals surface area contributed by atoms with Gasteiger partial charge in [-0.2, -0.15) is 0 Å². The van der Waals surface area contributed by atoms with Gasteiger partial charge < -0.3 is 9.47 Å². The first-order valence-electron chi connectivity index (χ1n) is 4.87. The number of hydrogen-bond donors (Lipinski definition) is 0. The van der Waals surface area contributed by atoms with E-state index in [9.17, 15) is 14.4 Å². The molecule has 1 aromatic carbocycles. The summed E-state index contributed by atoms with van der Waals surface area (Å²) in [6.45, 7) is 2.45. The van der Waals surface area contributed by atoms with Gasteiger partial charge in [0.05, 0.1) is 7.11 Å². The summed E-state index contributed by atoms with van der Waals surface area (Å²) in [5.41, 5.74) is 0.199. The molecular weight excluding hydrogens is 224 g/mol. The van der Waals surface area contributed by atoms with Gasteiger partial charge in [0.25, 0.3) is 0 Å². The number of ketones is 2. The van der Waals surface area contributed by atoms with Crippen molar-refractivity contribution in [2.24, 2.45) is 0 Å². The molecule has 0 aliphatic carbocycles. The monoisotopic (exact) mass is 236 g/mol. The average molecular weight is 236 g/mol. The molecule has 0 saturated carbocycles. The fourth-order valence-electron chi connectivity index (χ4n) is 1.25. The van der Waals surface area contributed by atoms with Crippen molar-refractivity contribution in [1.29, 1.82) is 0 Å². The predicted octanol–water partition coefficient (Wildman–Crippen LogP) is 1.39. The molecular formula is C12H12O5. The van der Waals surface area contributed by atoms with Crippen molar-refractivity contribution in [2.45, 2.75) is 13.8 Å². The van der Waals surface area contributed by atoms with Crippen molar-refractivity contribution in [2.75, 3.05) is 7.11 Å². The molecule has 5 heteroatoms. The molecule has 0 aliphatic rings. The second kappa shape index (κ2) is 5.25. The summed E-state index contributed by atoms with van der Waals surface area (Å²) in [6, 6.07) is 4.18. The van der Waals surface area contributed by atoms with Crippen molar-refractivity contribution in [1.82, 2.24) is 0 Å². The van der Waals surface area contributed by atoms with Crippen LogP contribution < -0.4 is 9.47 Å². The number of Topliss-reactive ketones (excluding diaryl/α,β-unsaturated/α-hetero) is 2. The highest BCUT2D eigenvalue weighted by Crippen LogP contribution is 2.28. The van der Waals surface area contributed by atoms with Gasteiger partial charge in [0.1, 0.15) is 0 Å². The fraction of sp³-hybridized carbons (Fsp3) is 0.250. The summed E-state index contributed by atoms with van der Waals surface area (Å²) < 4.78 is 9.85. The van der Waals surface area contributed by atoms with Gasteiger partial charge in [0.2, 0.25) is 5.78 Å². The van der Waals surface area contributed by atoms with Crippen LogP contribution in [0.2, 0.25) is 0 Å². The van der Waals surface area contributed by atoms with Gasteiger partial charge in [-0.05, 0) is 18.2 Å². The van der Waals surface area contributed by atoms with Gasteiger partial charge in [-0.15, -0.1) is 0 Å². The Morgan fingerprint density at radius 2 is 1.71 bits per heavy atom. The number of esters is 1. The van der Waals surface area contributed by atoms with Crippen molar-refractivity contribution in [3.05, 3.63) is 23.8 Å². The summed E-state index contributed by atoms with van der Waals surface area (Å²) >= 11 is 0. The molecule has 17 heavy (non-hydrogen) atoms. The van der Waals surface area contributed by atoms with Crippen LogP contribution in [0.5, 0.6) is 11.5 Å². The molecule has 0 aliphatic heterocycles. The van der Waals surface area contributed by atoms with Crippen LogP contribution in [0.25, 0.3) is 0 Å². The smallest absolute Gasteiger partial charge is 0.308 e. The van der Waals surface area contributed by atoms with Crippen LogP contribution in [0.1, 0.15) is 24.2 Å². The van der Waals surface area contributed by atoms with E-state index in [-0.39, 0.29) is 17.1 Å². The summed E-state index contributed by atoms with van der Waals surface area (Å²) in [7, 11) is 1.38. The van der Waals surface area contributed by atoms with Crippen LogP contribution in [-0.2, 0) is 9.59 Å². The van der Waals surface area contributed by atoms with Crippen molar-refractivity contribution >= 4 is 17.5 Å². The van der Waals surface area contributed by atoms with E-state index >= 15 is 0 Å². The SMILES string of the molecule is COc1cc(C(=O)C(C)=O)ccc1OC(C)=O. The van der Waals surface area contributed by atoms with E-state index in [4.69, 9.17) is 9.47 Å². The Kier molecular flexibility index (Phi) is 3.98. The van der Waals surface area contributed by atoms with E-state index in [1.807, 2.05) is 0 Å². The molecule has 0 aromatic heterocycles. The minimum absolute atomic E-state index is 0.199. The molecule has 0 saturated heterocycles. The third-order valence-electron chi connectivity index (χ3n) is 2.00. The molecule has 0 spiro atoms. The lowest BCUT2D eigenvalue weighted by molar-refractivity contribution is -0.132. The molecule has 0 N–H and O–H groups in total. The minimum Gasteiger partial charge on any atom is -0.493 e. The molecule has 5 nitrogen and oxygen atoms in total. The Bertz CT molecular complexity index is 476. The van der Waals surface area contributed by atoms with Crippen LogP contribution >= 0.6 is 0 Å². The molecule has 1 rings (SSSR count). The zero-order chi connectivity index (χ0) is 13.0. The number of ether oxygens (including phenoxy) is 2. The van der Waals surface area contributed by atoms with Crippen molar-refractivity contribution in [3.63, 3.8) is 0 Å². The Morgan fingerprint density at radius 1 is 1.06 bits per heavy atom. The first-order valence-corrected chi connectivity index (χ1v) is 4.87. The first-order chi connectivity index (χ1) is 7.95. The molecule has 0 unspecified atom stereocenters. The highest BCUT2D eigenvalue weighted by molar-refractivity contribution is 6.42. The van der Waals surface area contributed by atoms with E-state index in [0.29, 0.717) is 0 Å². The summed E-state index contributed by atoms with van der Waals surface area (Å²) in [4.78, 5) is 33.2. The topological polar surface area (TPSA) is 69.7 Å². The summed E-state index contributed by atoms with van der Waals surface area (Å²) in [5.74, 6) is -1.23. The maximum absolute atomic E-state index is 11.4. The largest absolute Gasteiger partial charge is 0.493 e. The number of methoxy groups -OCH3 is 1. The molecule has 0 fully saturated rings. The van der Waals surface area contributed by atoms with Crippen LogP contribution in [-0.4, -0.2) is 24.6 Å². The zero-order valence-corrected chi connectivity index (χ0v) is 9.77. The fourth-order valence-corrected chi connectivity index (χ4v) is 1.25. The number of carbonyl (C=O) groups is 3. The quantitative estimate of drug-likeness (QED) is 0.342. The molecule has 0 heterocycles. The first kappa shape index (κ1) is 12.9. The number of hydrogen-bond acceptors (Lipinski definition) is 5. The highest BCUT2D eigenvalue weighted by atomic mass is 16.6. The van der Waals surface area contributed by atoms with E-state index in [1.54, 1.807) is 0 Å². The predicted molar refractivity (Wildman–Crippen MR) is 59.3 cm³/mol. The zero-order valence-electron chi connectivity index (χ0n) is 9.77. The Labute approximate surface area is 98.3 Å². The van der Waals surface area contributed by atoms with Gasteiger partial charge in [-0.25, -0.2) is 0 Å². The lowest BCUT2D eigenvalue weighted by Gasteiger charge is -2.08. The van der Waals surface area contributed by atoms with Crippen LogP contribution in [0.15, 0.2) is 18.2 Å². The Balaban J connectivity index is 3.12. The van der Waals surface area contributed by atoms with Gasteiger partial charge >= 0.3 is 5.97 Å². The van der Waals surface area contributed by atoms with Crippen LogP contribution in [0, 0.1) is 0 Å². The lowest BCUT2D eigenvalue weighted by Crippen LogP contribution is -2.10. The van der Waals surface area contributed by atoms with Crippen LogP contribution in [0.3, 0.4) is 0 Å². The number of carbonyl (C=O) groups excluding carboxylic acids is 3. The van der Waals surface area contributed by atoms with Gasteiger partial charge in [-0.3, -0.25) is 14.4 Å². The van der Waals surface area contributed by atoms with E-state index in [2.05, 4.69) is 0 Å². The Morgan fingerprint density at radius 3 is 2.18 bits per heavy atom. The minimum atomic E-state index is -0.613. The molecule has 0 amide bonds. The van der Waals surface area contributed by atoms with Gasteiger partial charge in [0.15, 0.2) is 17.3 Å². The van der Waals surface area contributed by atoms with E-state index in [0.717, 1.165) is 0 Å². The second-order valence-corrected chi connectivity index (χ2v) is 3.34. The van der Waals surface area contributed by atoms with Gasteiger partial charge in [0, 0.05) is 19.4 Å². The molecule has 90 valence electrons.